The molecule has 3 saturated heterocycles. The minimum atomic E-state index is -2.94. The lowest BCUT2D eigenvalue weighted by atomic mass is 9.82. The molecule has 4 heterocycles. The van der Waals surface area contributed by atoms with Crippen LogP contribution in [0, 0.1) is 11.8 Å². The van der Waals surface area contributed by atoms with Gasteiger partial charge in [-0.3, -0.25) is 14.4 Å². The number of fused-ring (bicyclic) bond motifs is 2. The van der Waals surface area contributed by atoms with Gasteiger partial charge in [0.1, 0.15) is 0 Å². The predicted molar refractivity (Wildman–Crippen MR) is 159 cm³/mol. The summed E-state index contributed by atoms with van der Waals surface area (Å²) in [5, 5.41) is 16.1. The molecule has 10 nitrogen and oxygen atoms in total. The average Bonchev–Trinajstić information content (AvgIpc) is 3.60. The van der Waals surface area contributed by atoms with Crippen LogP contribution in [0.5, 0.6) is 0 Å². The Labute approximate surface area is 243 Å². The largest absolute Gasteiger partial charge is 0.432 e. The van der Waals surface area contributed by atoms with Gasteiger partial charge in [-0.1, -0.05) is 13.0 Å². The van der Waals surface area contributed by atoms with Crippen molar-refractivity contribution in [1.82, 2.24) is 10.2 Å². The molecule has 1 unspecified atom stereocenters. The molecule has 5 rings (SSSR count). The molecule has 1 spiro atoms. The number of likely N-dealkylation sites (tertiary alicyclic amines) is 1. The van der Waals surface area contributed by atoms with Crippen LogP contribution < -0.4 is 15.5 Å². The number of carbonyl (C=O) groups excluding carboxylic acids is 3. The lowest BCUT2D eigenvalue weighted by Gasteiger charge is -2.32. The first kappa shape index (κ1) is 29.9. The van der Waals surface area contributed by atoms with Crippen LogP contribution in [0.25, 0.3) is 0 Å². The fourth-order valence-corrected chi connectivity index (χ4v) is 10.2. The lowest BCUT2D eigenvalue weighted by molar-refractivity contribution is -0.149. The molecule has 3 amide bonds. The van der Waals surface area contributed by atoms with Gasteiger partial charge < -0.3 is 35.1 Å². The second-order valence-electron chi connectivity index (χ2n) is 12.6. The van der Waals surface area contributed by atoms with E-state index in [2.05, 4.69) is 17.2 Å². The highest BCUT2D eigenvalue weighted by Gasteiger charge is 2.66. The summed E-state index contributed by atoms with van der Waals surface area (Å²) < 4.78 is 6.77. The summed E-state index contributed by atoms with van der Waals surface area (Å²) in [6, 6.07) is 5.26. The van der Waals surface area contributed by atoms with Crippen molar-refractivity contribution >= 4 is 37.4 Å². The van der Waals surface area contributed by atoms with Gasteiger partial charge in [-0.15, -0.1) is 6.58 Å². The van der Waals surface area contributed by atoms with Gasteiger partial charge in [-0.2, -0.15) is 0 Å². The molecular formula is C30H44N4O6Si. The van der Waals surface area contributed by atoms with Crippen LogP contribution >= 0.6 is 0 Å². The minimum absolute atomic E-state index is 0.0272. The van der Waals surface area contributed by atoms with Gasteiger partial charge in [0.15, 0.2) is 13.9 Å². The Morgan fingerprint density at radius 2 is 2.07 bits per heavy atom. The van der Waals surface area contributed by atoms with Crippen LogP contribution in [0.1, 0.15) is 44.6 Å². The van der Waals surface area contributed by atoms with Gasteiger partial charge in [-0.25, -0.2) is 0 Å². The number of ether oxygens (including phenoxy) is 1. The molecule has 41 heavy (non-hydrogen) atoms. The Kier molecular flexibility index (Phi) is 8.46. The number of nitrogens with zero attached hydrogens (tertiary/aromatic N) is 2. The van der Waals surface area contributed by atoms with Crippen molar-refractivity contribution in [2.45, 2.75) is 75.4 Å². The van der Waals surface area contributed by atoms with E-state index in [9.17, 15) is 24.3 Å². The Balaban J connectivity index is 1.51. The number of hydrogen-bond acceptors (Lipinski definition) is 7. The minimum Gasteiger partial charge on any atom is -0.432 e. The third kappa shape index (κ3) is 5.27. The summed E-state index contributed by atoms with van der Waals surface area (Å²) in [5.41, 5.74) is 0.108. The molecule has 0 bridgehead atoms. The summed E-state index contributed by atoms with van der Waals surface area (Å²) >= 11 is 0. The number of nitrogens with one attached hydrogen (secondary N) is 2. The molecule has 1 aromatic rings. The number of amides is 3. The third-order valence-electron chi connectivity index (χ3n) is 9.51. The number of carbonyl (C=O) groups is 3. The Hall–Kier alpha value is -2.57. The second kappa shape index (κ2) is 11.6. The number of anilines is 2. The van der Waals surface area contributed by atoms with Crippen molar-refractivity contribution in [3.05, 3.63) is 36.4 Å². The highest BCUT2D eigenvalue weighted by molar-refractivity contribution is 6.71. The number of aliphatic hydroxyl groups is 1. The van der Waals surface area contributed by atoms with Crippen molar-refractivity contribution < 1.29 is 29.0 Å². The van der Waals surface area contributed by atoms with E-state index < -0.39 is 31.5 Å². The SMILES string of the molecule is C=CCN1C(=O)[C@@]2(O[C@@H](CC(=O)N3CCC[C@H]3CO)[C@H]([Si](C)(C)O)[C@H]2C)c2cc(NC(=O)C3CCCNC3)ccc21. The van der Waals surface area contributed by atoms with Crippen molar-refractivity contribution in [2.24, 2.45) is 11.8 Å². The zero-order valence-electron chi connectivity index (χ0n) is 24.4. The summed E-state index contributed by atoms with van der Waals surface area (Å²) in [7, 11) is -2.94. The van der Waals surface area contributed by atoms with Gasteiger partial charge >= 0.3 is 0 Å². The number of aliphatic hydroxyl groups excluding tert-OH is 1. The van der Waals surface area contributed by atoms with E-state index in [0.717, 1.165) is 32.2 Å². The third-order valence-corrected chi connectivity index (χ3v) is 12.0. The van der Waals surface area contributed by atoms with E-state index in [4.69, 9.17) is 4.74 Å². The maximum atomic E-state index is 14.3. The monoisotopic (exact) mass is 584 g/mol. The maximum Gasteiger partial charge on any atom is 0.264 e. The number of hydrogen-bond donors (Lipinski definition) is 4. The van der Waals surface area contributed by atoms with E-state index in [1.54, 1.807) is 21.9 Å². The Morgan fingerprint density at radius 3 is 2.73 bits per heavy atom. The molecule has 11 heteroatoms. The van der Waals surface area contributed by atoms with Crippen LogP contribution in [0.15, 0.2) is 30.9 Å². The number of benzene rings is 1. The molecule has 4 aliphatic rings. The molecule has 0 aromatic heterocycles. The normalized spacial score (nSPS) is 31.5. The van der Waals surface area contributed by atoms with Crippen molar-refractivity contribution in [2.75, 3.05) is 43.0 Å². The van der Waals surface area contributed by atoms with Crippen LogP contribution in [0.4, 0.5) is 11.4 Å². The highest BCUT2D eigenvalue weighted by Crippen LogP contribution is 2.60. The van der Waals surface area contributed by atoms with E-state index >= 15 is 0 Å². The molecule has 0 saturated carbocycles. The van der Waals surface area contributed by atoms with Crippen molar-refractivity contribution in [3.63, 3.8) is 0 Å². The van der Waals surface area contributed by atoms with E-state index in [0.29, 0.717) is 30.0 Å². The first-order valence-corrected chi connectivity index (χ1v) is 17.9. The molecule has 6 atom stereocenters. The molecule has 4 aliphatic heterocycles. The van der Waals surface area contributed by atoms with Crippen molar-refractivity contribution in [1.29, 1.82) is 0 Å². The standard InChI is InChI=1S/C30H44N4O6Si/c1-5-13-34-24-11-10-21(32-28(37)20-8-6-12-31-17-20)15-23(24)30(29(34)38)19(2)27(41(3,4)39)25(40-30)16-26(36)33-14-7-9-22(33)18-35/h5,10-11,15,19-20,22,25,27,31,35,39H,1,6-9,12-14,16-18H2,2-4H3,(H,32,37)/t19-,20?,22+,25+,27-,30+/m1/s1. The number of rotatable bonds is 8. The van der Waals surface area contributed by atoms with Crippen LogP contribution in [0.2, 0.25) is 18.6 Å². The Bertz CT molecular complexity index is 1200. The molecule has 0 radical (unpaired) electrons. The van der Waals surface area contributed by atoms with Crippen LogP contribution in [-0.4, -0.2) is 85.8 Å². The fourth-order valence-electron chi connectivity index (χ4n) is 7.63. The molecule has 1 aromatic carbocycles. The Morgan fingerprint density at radius 1 is 1.29 bits per heavy atom. The zero-order chi connectivity index (χ0) is 29.5. The molecule has 4 N–H and O–H groups in total. The maximum absolute atomic E-state index is 14.3. The predicted octanol–water partition coefficient (Wildman–Crippen LogP) is 2.33. The summed E-state index contributed by atoms with van der Waals surface area (Å²) in [5.74, 6) is -0.982. The van der Waals surface area contributed by atoms with Gasteiger partial charge in [0.05, 0.1) is 36.8 Å². The van der Waals surface area contributed by atoms with Crippen LogP contribution in [-0.2, 0) is 24.7 Å². The lowest BCUT2D eigenvalue weighted by Crippen LogP contribution is -2.46. The molecule has 3 fully saturated rings. The molecule has 224 valence electrons. The van der Waals surface area contributed by atoms with E-state index in [1.165, 1.54) is 0 Å². The van der Waals surface area contributed by atoms with E-state index in [1.807, 2.05) is 32.2 Å². The van der Waals surface area contributed by atoms with Gasteiger partial charge in [0.2, 0.25) is 11.8 Å². The molecular weight excluding hydrogens is 540 g/mol. The summed E-state index contributed by atoms with van der Waals surface area (Å²) in [4.78, 5) is 55.7. The summed E-state index contributed by atoms with van der Waals surface area (Å²) in [6.07, 6.45) is 4.38. The summed E-state index contributed by atoms with van der Waals surface area (Å²) in [6.45, 7) is 11.8. The van der Waals surface area contributed by atoms with Gasteiger partial charge in [0, 0.05) is 42.3 Å². The highest BCUT2D eigenvalue weighted by atomic mass is 28.4. The number of piperidine rings is 1. The van der Waals surface area contributed by atoms with Crippen LogP contribution in [0.3, 0.4) is 0 Å². The molecule has 0 aliphatic carbocycles. The second-order valence-corrected chi connectivity index (χ2v) is 16.6. The quantitative estimate of drug-likeness (QED) is 0.273. The zero-order valence-corrected chi connectivity index (χ0v) is 25.4. The first-order valence-electron chi connectivity index (χ1n) is 14.9. The average molecular weight is 585 g/mol. The van der Waals surface area contributed by atoms with Gasteiger partial charge in [0.25, 0.3) is 5.91 Å². The van der Waals surface area contributed by atoms with Gasteiger partial charge in [-0.05, 0) is 63.5 Å². The fraction of sp³-hybridized carbons (Fsp3) is 0.633. The first-order chi connectivity index (χ1) is 19.5. The smallest absolute Gasteiger partial charge is 0.264 e. The van der Waals surface area contributed by atoms with E-state index in [-0.39, 0.29) is 49.3 Å². The topological polar surface area (TPSA) is 131 Å². The van der Waals surface area contributed by atoms with Crippen molar-refractivity contribution in [3.8, 4) is 0 Å².